The molecule has 2 atom stereocenters. The van der Waals surface area contributed by atoms with Crippen LogP contribution in [0.25, 0.3) is 0 Å². The number of hydrogen-bond acceptors (Lipinski definition) is 2. The molecule has 1 aliphatic heterocycles. The van der Waals surface area contributed by atoms with Gasteiger partial charge in [0.05, 0.1) is 12.2 Å². The van der Waals surface area contributed by atoms with Crippen molar-refractivity contribution in [3.63, 3.8) is 0 Å². The first kappa shape index (κ1) is 10.3. The van der Waals surface area contributed by atoms with E-state index >= 15 is 0 Å². The van der Waals surface area contributed by atoms with Gasteiger partial charge >= 0.3 is 0 Å². The van der Waals surface area contributed by atoms with E-state index in [1.807, 2.05) is 0 Å². The van der Waals surface area contributed by atoms with Gasteiger partial charge in [0, 0.05) is 13.1 Å². The van der Waals surface area contributed by atoms with Crippen LogP contribution in [0.5, 0.6) is 0 Å². The van der Waals surface area contributed by atoms with Gasteiger partial charge in [-0.2, -0.15) is 13.5 Å². The van der Waals surface area contributed by atoms with Crippen molar-refractivity contribution in [1.82, 2.24) is 4.90 Å². The Morgan fingerprint density at radius 1 is 1.20 bits per heavy atom. The van der Waals surface area contributed by atoms with E-state index in [4.69, 9.17) is 4.74 Å². The highest BCUT2D eigenvalue weighted by Crippen LogP contribution is 2.07. The van der Waals surface area contributed by atoms with Crippen LogP contribution in [-0.2, 0) is 4.74 Å². The lowest BCUT2D eigenvalue weighted by Gasteiger charge is -2.32. The lowest BCUT2D eigenvalue weighted by Crippen LogP contribution is -2.42. The summed E-state index contributed by atoms with van der Waals surface area (Å²) < 4.78 is 5.51. The van der Waals surface area contributed by atoms with E-state index in [0.29, 0.717) is 12.2 Å². The number of rotatable bonds is 0. The third-order valence-corrected chi connectivity index (χ3v) is 1.60. The SMILES string of the molecule is CC1CN(C)CC(C)O1.S. The zero-order chi connectivity index (χ0) is 6.85. The van der Waals surface area contributed by atoms with E-state index in [1.54, 1.807) is 0 Å². The maximum atomic E-state index is 5.51. The Labute approximate surface area is 70.0 Å². The lowest BCUT2D eigenvalue weighted by molar-refractivity contribution is -0.0602. The first-order valence-corrected chi connectivity index (χ1v) is 3.52. The first-order chi connectivity index (χ1) is 4.18. The van der Waals surface area contributed by atoms with Gasteiger partial charge in [0.15, 0.2) is 0 Å². The number of nitrogens with zero attached hydrogens (tertiary/aromatic N) is 1. The summed E-state index contributed by atoms with van der Waals surface area (Å²) in [5.74, 6) is 0. The summed E-state index contributed by atoms with van der Waals surface area (Å²) >= 11 is 0. The second-order valence-electron chi connectivity index (χ2n) is 2.98. The zero-order valence-electron chi connectivity index (χ0n) is 6.92. The minimum atomic E-state index is 0. The van der Waals surface area contributed by atoms with Gasteiger partial charge in [0.25, 0.3) is 0 Å². The predicted molar refractivity (Wildman–Crippen MR) is 47.9 cm³/mol. The third kappa shape index (κ3) is 2.90. The molecule has 3 heteroatoms. The number of likely N-dealkylation sites (N-methyl/N-ethyl adjacent to an activating group) is 1. The van der Waals surface area contributed by atoms with Gasteiger partial charge in [-0.1, -0.05) is 0 Å². The van der Waals surface area contributed by atoms with Crippen molar-refractivity contribution in [1.29, 1.82) is 0 Å². The fraction of sp³-hybridized carbons (Fsp3) is 1.00. The van der Waals surface area contributed by atoms with Crippen LogP contribution in [-0.4, -0.2) is 37.2 Å². The summed E-state index contributed by atoms with van der Waals surface area (Å²) in [6.07, 6.45) is 0.831. The molecule has 1 heterocycles. The van der Waals surface area contributed by atoms with Crippen molar-refractivity contribution in [2.24, 2.45) is 0 Å². The molecule has 2 unspecified atom stereocenters. The Kier molecular flexibility index (Phi) is 4.32. The molecule has 1 saturated heterocycles. The maximum absolute atomic E-state index is 5.51. The van der Waals surface area contributed by atoms with Crippen LogP contribution in [0.1, 0.15) is 13.8 Å². The highest BCUT2D eigenvalue weighted by molar-refractivity contribution is 7.59. The second-order valence-corrected chi connectivity index (χ2v) is 2.98. The standard InChI is InChI=1S/C7H15NO.H2S/c1-6-4-8(3)5-7(2)9-6;/h6-7H,4-5H2,1-3H3;1H2. The monoisotopic (exact) mass is 163 g/mol. The van der Waals surface area contributed by atoms with Crippen molar-refractivity contribution in [2.75, 3.05) is 20.1 Å². The predicted octanol–water partition coefficient (Wildman–Crippen LogP) is 0.838. The molecule has 0 radical (unpaired) electrons. The molecule has 0 saturated carbocycles. The summed E-state index contributed by atoms with van der Waals surface area (Å²) in [4.78, 5) is 2.30. The van der Waals surface area contributed by atoms with E-state index in [9.17, 15) is 0 Å². The number of hydrogen-bond donors (Lipinski definition) is 0. The molecule has 0 aliphatic carbocycles. The van der Waals surface area contributed by atoms with Crippen LogP contribution in [0.15, 0.2) is 0 Å². The Balaban J connectivity index is 0.000000810. The highest BCUT2D eigenvalue weighted by atomic mass is 32.1. The normalized spacial score (nSPS) is 35.1. The van der Waals surface area contributed by atoms with Gasteiger partial charge < -0.3 is 9.64 Å². The molecule has 0 aromatic heterocycles. The second kappa shape index (κ2) is 4.21. The van der Waals surface area contributed by atoms with Gasteiger partial charge in [-0.3, -0.25) is 0 Å². The zero-order valence-corrected chi connectivity index (χ0v) is 7.92. The molecule has 62 valence electrons. The fourth-order valence-corrected chi connectivity index (χ4v) is 1.44. The molecule has 0 aromatic rings. The molecule has 10 heavy (non-hydrogen) atoms. The fourth-order valence-electron chi connectivity index (χ4n) is 1.44. The topological polar surface area (TPSA) is 12.5 Å². The van der Waals surface area contributed by atoms with Crippen LogP contribution < -0.4 is 0 Å². The summed E-state index contributed by atoms with van der Waals surface area (Å²) in [6.45, 7) is 6.38. The van der Waals surface area contributed by atoms with E-state index in [0.717, 1.165) is 13.1 Å². The first-order valence-electron chi connectivity index (χ1n) is 3.52. The van der Waals surface area contributed by atoms with Gasteiger partial charge in [-0.05, 0) is 20.9 Å². The summed E-state index contributed by atoms with van der Waals surface area (Å²) in [7, 11) is 2.13. The van der Waals surface area contributed by atoms with Crippen LogP contribution in [0.3, 0.4) is 0 Å². The average molecular weight is 163 g/mol. The van der Waals surface area contributed by atoms with Crippen molar-refractivity contribution < 1.29 is 4.74 Å². The Morgan fingerprint density at radius 2 is 1.60 bits per heavy atom. The molecule has 0 aromatic carbocycles. The van der Waals surface area contributed by atoms with Crippen molar-refractivity contribution in [2.45, 2.75) is 26.1 Å². The number of morpholine rings is 1. The highest BCUT2D eigenvalue weighted by Gasteiger charge is 2.18. The van der Waals surface area contributed by atoms with Gasteiger partial charge in [-0.15, -0.1) is 0 Å². The maximum Gasteiger partial charge on any atom is 0.0678 e. The molecule has 0 bridgehead atoms. The average Bonchev–Trinajstić information content (AvgIpc) is 1.59. The molecular weight excluding hydrogens is 146 g/mol. The summed E-state index contributed by atoms with van der Waals surface area (Å²) in [5, 5.41) is 0. The lowest BCUT2D eigenvalue weighted by atomic mass is 10.2. The summed E-state index contributed by atoms with van der Waals surface area (Å²) in [5.41, 5.74) is 0. The smallest absolute Gasteiger partial charge is 0.0678 e. The van der Waals surface area contributed by atoms with Crippen LogP contribution in [0, 0.1) is 0 Å². The van der Waals surface area contributed by atoms with E-state index < -0.39 is 0 Å². The van der Waals surface area contributed by atoms with Gasteiger partial charge in [0.2, 0.25) is 0 Å². The molecule has 1 aliphatic rings. The largest absolute Gasteiger partial charge is 0.373 e. The van der Waals surface area contributed by atoms with Crippen molar-refractivity contribution in [3.05, 3.63) is 0 Å². The molecular formula is C7H17NOS. The Bertz CT molecular complexity index is 74.6. The van der Waals surface area contributed by atoms with E-state index in [-0.39, 0.29) is 13.5 Å². The van der Waals surface area contributed by atoms with Crippen LogP contribution >= 0.6 is 13.5 Å². The summed E-state index contributed by atoms with van der Waals surface area (Å²) in [6, 6.07) is 0. The molecule has 1 fully saturated rings. The van der Waals surface area contributed by atoms with Gasteiger partial charge in [-0.25, -0.2) is 0 Å². The molecule has 2 nitrogen and oxygen atoms in total. The molecule has 0 amide bonds. The van der Waals surface area contributed by atoms with E-state index in [2.05, 4.69) is 25.8 Å². The molecule has 0 N–H and O–H groups in total. The Hall–Kier alpha value is 0.270. The van der Waals surface area contributed by atoms with Crippen molar-refractivity contribution >= 4 is 13.5 Å². The quantitative estimate of drug-likeness (QED) is 0.524. The minimum absolute atomic E-state index is 0. The number of ether oxygens (including phenoxy) is 1. The van der Waals surface area contributed by atoms with Gasteiger partial charge in [0.1, 0.15) is 0 Å². The van der Waals surface area contributed by atoms with Crippen LogP contribution in [0.2, 0.25) is 0 Å². The molecule has 1 rings (SSSR count). The molecule has 0 spiro atoms. The minimum Gasteiger partial charge on any atom is -0.373 e. The Morgan fingerprint density at radius 3 is 1.90 bits per heavy atom. The van der Waals surface area contributed by atoms with Crippen LogP contribution in [0.4, 0.5) is 0 Å². The van der Waals surface area contributed by atoms with E-state index in [1.165, 1.54) is 0 Å². The third-order valence-electron chi connectivity index (χ3n) is 1.60. The van der Waals surface area contributed by atoms with Crippen molar-refractivity contribution in [3.8, 4) is 0 Å².